The molecule has 1 saturated heterocycles. The summed E-state index contributed by atoms with van der Waals surface area (Å²) in [6, 6.07) is 6.12. The Morgan fingerprint density at radius 2 is 1.84 bits per heavy atom. The average molecular weight is 502 g/mol. The monoisotopic (exact) mass is 501 g/mol. The molecular formula is C28H31N5O4. The number of pyridine rings is 2. The third-order valence-corrected chi connectivity index (χ3v) is 7.38. The van der Waals surface area contributed by atoms with E-state index >= 15 is 0 Å². The van der Waals surface area contributed by atoms with E-state index in [1.165, 1.54) is 0 Å². The number of nitrogens with zero attached hydrogens (tertiary/aromatic N) is 5. The molecule has 0 aromatic carbocycles. The average Bonchev–Trinajstić information content (AvgIpc) is 3.53. The molecule has 1 atom stereocenters. The van der Waals surface area contributed by atoms with Crippen molar-refractivity contribution in [2.75, 3.05) is 13.2 Å². The summed E-state index contributed by atoms with van der Waals surface area (Å²) in [4.78, 5) is 9.69. The summed E-state index contributed by atoms with van der Waals surface area (Å²) in [7, 11) is 0. The summed E-state index contributed by atoms with van der Waals surface area (Å²) < 4.78 is 19.3. The minimum absolute atomic E-state index is 0.133. The quantitative estimate of drug-likeness (QED) is 0.341. The molecule has 0 saturated carbocycles. The second-order valence-corrected chi connectivity index (χ2v) is 10.6. The van der Waals surface area contributed by atoms with Gasteiger partial charge in [-0.05, 0) is 77.1 Å². The molecule has 0 amide bonds. The lowest BCUT2D eigenvalue weighted by Gasteiger charge is -2.32. The van der Waals surface area contributed by atoms with Crippen LogP contribution in [0.2, 0.25) is 0 Å². The fourth-order valence-corrected chi connectivity index (χ4v) is 5.66. The van der Waals surface area contributed by atoms with Gasteiger partial charge in [-0.1, -0.05) is 10.3 Å². The van der Waals surface area contributed by atoms with Crippen LogP contribution in [-0.4, -0.2) is 43.2 Å². The Morgan fingerprint density at radius 1 is 1.05 bits per heavy atom. The number of hydrogen-bond acceptors (Lipinski definition) is 8. The van der Waals surface area contributed by atoms with E-state index in [1.54, 1.807) is 13.8 Å². The van der Waals surface area contributed by atoms with Gasteiger partial charge in [0.25, 0.3) is 0 Å². The fraction of sp³-hybridized carbons (Fsp3) is 0.429. The molecule has 1 aliphatic heterocycles. The molecule has 0 aliphatic carbocycles. The first kappa shape index (κ1) is 23.8. The summed E-state index contributed by atoms with van der Waals surface area (Å²) in [5.74, 6) is 0.995. The molecule has 5 aromatic rings. The van der Waals surface area contributed by atoms with Crippen LogP contribution in [0.4, 0.5) is 0 Å². The van der Waals surface area contributed by atoms with Crippen molar-refractivity contribution in [2.45, 2.75) is 59.1 Å². The maximum atomic E-state index is 11.1. The molecular weight excluding hydrogens is 470 g/mol. The van der Waals surface area contributed by atoms with Gasteiger partial charge in [-0.15, -0.1) is 0 Å². The van der Waals surface area contributed by atoms with Crippen LogP contribution in [0.3, 0.4) is 0 Å². The van der Waals surface area contributed by atoms with Crippen LogP contribution in [0.1, 0.15) is 61.1 Å². The molecule has 5 aromatic heterocycles. The predicted molar refractivity (Wildman–Crippen MR) is 138 cm³/mol. The molecule has 1 unspecified atom stereocenters. The van der Waals surface area contributed by atoms with E-state index in [9.17, 15) is 5.11 Å². The smallest absolute Gasteiger partial charge is 0.211 e. The van der Waals surface area contributed by atoms with Gasteiger partial charge in [0.05, 0.1) is 22.9 Å². The van der Waals surface area contributed by atoms with Crippen molar-refractivity contribution in [1.82, 2.24) is 24.8 Å². The minimum Gasteiger partial charge on any atom is -0.384 e. The highest BCUT2D eigenvalue weighted by molar-refractivity contribution is 6.04. The molecule has 1 aliphatic rings. The first-order valence-corrected chi connectivity index (χ1v) is 12.7. The molecule has 6 heterocycles. The molecule has 0 spiro atoms. The standard InChI is InChI=1S/C28H31N5O4/c1-15-6-9-29-20(12-15)24(18-7-10-35-11-8-18)33-21-13-19(22-16(2)31-36-17(22)3)14-30-23(21)26-25(33)27(32-37-26)28(4,5)34/h6,9,12-14,18,24,34H,7-8,10-11H2,1-5H3. The maximum Gasteiger partial charge on any atom is 0.211 e. The number of ether oxygens (including phenoxy) is 1. The number of fused-ring (bicyclic) bond motifs is 3. The molecule has 1 fully saturated rings. The van der Waals surface area contributed by atoms with Crippen LogP contribution in [0, 0.1) is 26.7 Å². The minimum atomic E-state index is -1.22. The molecule has 9 nitrogen and oxygen atoms in total. The zero-order valence-corrected chi connectivity index (χ0v) is 21.8. The SMILES string of the molecule is Cc1ccnc(C(C2CCOCC2)n2c3cc(-c4c(C)noc4C)cnc3c3onc(C(C)(C)O)c32)c1. The Balaban J connectivity index is 1.71. The number of hydrogen-bond donors (Lipinski definition) is 1. The first-order chi connectivity index (χ1) is 17.7. The zero-order valence-electron chi connectivity index (χ0n) is 21.8. The third kappa shape index (κ3) is 3.93. The lowest BCUT2D eigenvalue weighted by atomic mass is 9.88. The maximum absolute atomic E-state index is 11.1. The molecule has 37 heavy (non-hydrogen) atoms. The normalized spacial score (nSPS) is 16.2. The number of aliphatic hydroxyl groups is 1. The highest BCUT2D eigenvalue weighted by Gasteiger charge is 2.36. The van der Waals surface area contributed by atoms with Crippen molar-refractivity contribution in [1.29, 1.82) is 0 Å². The third-order valence-electron chi connectivity index (χ3n) is 7.38. The predicted octanol–water partition coefficient (Wildman–Crippen LogP) is 5.40. The van der Waals surface area contributed by atoms with Crippen LogP contribution < -0.4 is 0 Å². The highest BCUT2D eigenvalue weighted by Crippen LogP contribution is 2.43. The second kappa shape index (κ2) is 8.78. The van der Waals surface area contributed by atoms with Gasteiger partial charge in [0.15, 0.2) is 0 Å². The number of aromatic nitrogens is 5. The van der Waals surface area contributed by atoms with Gasteiger partial charge in [0, 0.05) is 36.7 Å². The van der Waals surface area contributed by atoms with E-state index in [-0.39, 0.29) is 12.0 Å². The lowest BCUT2D eigenvalue weighted by molar-refractivity contribution is 0.0542. The van der Waals surface area contributed by atoms with E-state index in [0.717, 1.165) is 57.7 Å². The van der Waals surface area contributed by atoms with Crippen molar-refractivity contribution >= 4 is 22.1 Å². The Hall–Kier alpha value is -3.56. The van der Waals surface area contributed by atoms with Gasteiger partial charge in [-0.2, -0.15) is 0 Å². The van der Waals surface area contributed by atoms with E-state index in [1.807, 2.05) is 32.3 Å². The van der Waals surface area contributed by atoms with Crippen molar-refractivity contribution in [3.8, 4) is 11.1 Å². The number of rotatable bonds is 5. The summed E-state index contributed by atoms with van der Waals surface area (Å²) in [5.41, 5.74) is 6.87. The Bertz CT molecular complexity index is 1580. The topological polar surface area (TPSA) is 112 Å². The van der Waals surface area contributed by atoms with Crippen LogP contribution in [0.15, 0.2) is 39.6 Å². The Labute approximate surface area is 214 Å². The van der Waals surface area contributed by atoms with Gasteiger partial charge in [0.2, 0.25) is 5.58 Å². The van der Waals surface area contributed by atoms with E-state index in [2.05, 4.69) is 33.9 Å². The molecule has 1 N–H and O–H groups in total. The van der Waals surface area contributed by atoms with Crippen LogP contribution >= 0.6 is 0 Å². The zero-order chi connectivity index (χ0) is 25.9. The van der Waals surface area contributed by atoms with Crippen LogP contribution in [0.25, 0.3) is 33.3 Å². The molecule has 9 heteroatoms. The number of aryl methyl sites for hydroxylation is 3. The van der Waals surface area contributed by atoms with Crippen molar-refractivity contribution in [3.05, 3.63) is 59.0 Å². The molecule has 0 bridgehead atoms. The molecule has 192 valence electrons. The highest BCUT2D eigenvalue weighted by atomic mass is 16.5. The lowest BCUT2D eigenvalue weighted by Crippen LogP contribution is -2.28. The Morgan fingerprint density at radius 3 is 2.51 bits per heavy atom. The van der Waals surface area contributed by atoms with Crippen molar-refractivity contribution < 1.29 is 18.9 Å². The summed E-state index contributed by atoms with van der Waals surface area (Å²) in [6.45, 7) is 10.8. The van der Waals surface area contributed by atoms with Crippen molar-refractivity contribution in [3.63, 3.8) is 0 Å². The van der Waals surface area contributed by atoms with E-state index < -0.39 is 5.60 Å². The van der Waals surface area contributed by atoms with Crippen LogP contribution in [0.5, 0.6) is 0 Å². The largest absolute Gasteiger partial charge is 0.384 e. The van der Waals surface area contributed by atoms with Crippen molar-refractivity contribution in [2.24, 2.45) is 5.92 Å². The fourth-order valence-electron chi connectivity index (χ4n) is 5.66. The summed E-state index contributed by atoms with van der Waals surface area (Å²) in [6.07, 6.45) is 5.46. The molecule has 0 radical (unpaired) electrons. The van der Waals surface area contributed by atoms with Gasteiger partial charge >= 0.3 is 0 Å². The summed E-state index contributed by atoms with van der Waals surface area (Å²) in [5, 5.41) is 19.6. The van der Waals surface area contributed by atoms with Crippen LogP contribution in [-0.2, 0) is 10.3 Å². The summed E-state index contributed by atoms with van der Waals surface area (Å²) >= 11 is 0. The van der Waals surface area contributed by atoms with Gasteiger partial charge < -0.3 is 23.5 Å². The van der Waals surface area contributed by atoms with Gasteiger partial charge in [-0.3, -0.25) is 4.98 Å². The van der Waals surface area contributed by atoms with E-state index in [4.69, 9.17) is 23.8 Å². The Kier molecular flexibility index (Phi) is 5.65. The van der Waals surface area contributed by atoms with Gasteiger partial charge in [0.1, 0.15) is 28.1 Å². The van der Waals surface area contributed by atoms with E-state index in [0.29, 0.717) is 30.0 Å². The second-order valence-electron chi connectivity index (χ2n) is 10.6. The molecule has 6 rings (SSSR count). The van der Waals surface area contributed by atoms with Gasteiger partial charge in [-0.25, -0.2) is 4.98 Å². The first-order valence-electron chi connectivity index (χ1n) is 12.7.